The number of likely N-dealkylation sites (tertiary alicyclic amines) is 1. The van der Waals surface area contributed by atoms with E-state index >= 15 is 0 Å². The molecule has 1 aliphatic heterocycles. The number of aromatic nitrogens is 3. The summed E-state index contributed by atoms with van der Waals surface area (Å²) in [5, 5.41) is 16.7. The van der Waals surface area contributed by atoms with Gasteiger partial charge in [0.1, 0.15) is 6.07 Å². The fraction of sp³-hybridized carbons (Fsp3) is 0.417. The highest BCUT2D eigenvalue weighted by Crippen LogP contribution is 2.22. The SMILES string of the molecule is N#Cc1cnn(C2CCN(Cc3ccno3)C2)c1. The molecule has 3 heterocycles. The molecule has 0 saturated carbocycles. The van der Waals surface area contributed by atoms with Crippen molar-refractivity contribution in [2.45, 2.75) is 19.0 Å². The third-order valence-electron chi connectivity index (χ3n) is 3.22. The molecule has 92 valence electrons. The Kier molecular flexibility index (Phi) is 2.82. The van der Waals surface area contributed by atoms with Gasteiger partial charge in [-0.3, -0.25) is 9.58 Å². The molecule has 6 heteroatoms. The van der Waals surface area contributed by atoms with Crippen molar-refractivity contribution in [3.05, 3.63) is 36.0 Å². The maximum Gasteiger partial charge on any atom is 0.150 e. The molecule has 18 heavy (non-hydrogen) atoms. The van der Waals surface area contributed by atoms with Gasteiger partial charge in [0, 0.05) is 25.4 Å². The minimum Gasteiger partial charge on any atom is -0.360 e. The number of nitriles is 1. The summed E-state index contributed by atoms with van der Waals surface area (Å²) in [6.07, 6.45) is 6.12. The summed E-state index contributed by atoms with van der Waals surface area (Å²) in [6.45, 7) is 2.71. The lowest BCUT2D eigenvalue weighted by atomic mass is 10.3. The third-order valence-corrected chi connectivity index (χ3v) is 3.22. The van der Waals surface area contributed by atoms with Crippen molar-refractivity contribution >= 4 is 0 Å². The highest BCUT2D eigenvalue weighted by molar-refractivity contribution is 5.22. The molecule has 3 rings (SSSR count). The van der Waals surface area contributed by atoms with Crippen LogP contribution in [-0.4, -0.2) is 32.9 Å². The van der Waals surface area contributed by atoms with Crippen molar-refractivity contribution in [3.8, 4) is 6.07 Å². The average molecular weight is 243 g/mol. The molecule has 1 saturated heterocycles. The van der Waals surface area contributed by atoms with E-state index in [1.807, 2.05) is 16.9 Å². The lowest BCUT2D eigenvalue weighted by molar-refractivity contribution is 0.264. The van der Waals surface area contributed by atoms with Crippen molar-refractivity contribution < 1.29 is 4.52 Å². The number of nitrogens with zero attached hydrogens (tertiary/aromatic N) is 5. The van der Waals surface area contributed by atoms with Crippen molar-refractivity contribution in [1.82, 2.24) is 19.8 Å². The van der Waals surface area contributed by atoms with Crippen molar-refractivity contribution in [3.63, 3.8) is 0 Å². The van der Waals surface area contributed by atoms with Gasteiger partial charge in [0.15, 0.2) is 5.76 Å². The molecule has 6 nitrogen and oxygen atoms in total. The summed E-state index contributed by atoms with van der Waals surface area (Å²) >= 11 is 0. The Morgan fingerprint density at radius 2 is 2.50 bits per heavy atom. The molecule has 0 spiro atoms. The van der Waals surface area contributed by atoms with Gasteiger partial charge >= 0.3 is 0 Å². The Hall–Kier alpha value is -2.13. The highest BCUT2D eigenvalue weighted by Gasteiger charge is 2.25. The predicted molar refractivity (Wildman–Crippen MR) is 62.4 cm³/mol. The monoisotopic (exact) mass is 243 g/mol. The molecule has 0 radical (unpaired) electrons. The Morgan fingerprint density at radius 3 is 3.22 bits per heavy atom. The van der Waals surface area contributed by atoms with Crippen LogP contribution in [0.1, 0.15) is 23.8 Å². The second kappa shape index (κ2) is 4.63. The van der Waals surface area contributed by atoms with E-state index in [0.29, 0.717) is 11.6 Å². The minimum absolute atomic E-state index is 0.343. The van der Waals surface area contributed by atoms with Crippen LogP contribution in [0.3, 0.4) is 0 Å². The Bertz CT molecular complexity index is 553. The second-order valence-electron chi connectivity index (χ2n) is 4.48. The zero-order chi connectivity index (χ0) is 12.4. The van der Waals surface area contributed by atoms with Crippen molar-refractivity contribution in [1.29, 1.82) is 5.26 Å². The number of hydrogen-bond donors (Lipinski definition) is 0. The molecular formula is C12H13N5O. The van der Waals surface area contributed by atoms with Gasteiger partial charge in [-0.05, 0) is 6.42 Å². The van der Waals surface area contributed by atoms with Crippen LogP contribution >= 0.6 is 0 Å². The standard InChI is InChI=1S/C12H13N5O/c13-5-10-6-14-17(7-10)11-2-4-16(8-11)9-12-1-3-15-18-12/h1,3,6-7,11H,2,4,8-9H2. The van der Waals surface area contributed by atoms with E-state index in [1.54, 1.807) is 12.4 Å². The van der Waals surface area contributed by atoms with E-state index in [4.69, 9.17) is 9.78 Å². The van der Waals surface area contributed by atoms with E-state index in [0.717, 1.165) is 31.8 Å². The predicted octanol–water partition coefficient (Wildman–Crippen LogP) is 1.19. The first kappa shape index (κ1) is 11.0. The van der Waals surface area contributed by atoms with Gasteiger partial charge in [-0.1, -0.05) is 5.16 Å². The first-order chi connectivity index (χ1) is 8.85. The molecular weight excluding hydrogens is 230 g/mol. The van der Waals surface area contributed by atoms with Crippen LogP contribution in [0.25, 0.3) is 0 Å². The molecule has 2 aromatic heterocycles. The first-order valence-electron chi connectivity index (χ1n) is 5.91. The van der Waals surface area contributed by atoms with Crippen LogP contribution < -0.4 is 0 Å². The van der Waals surface area contributed by atoms with Crippen LogP contribution in [0.15, 0.2) is 29.2 Å². The number of hydrogen-bond acceptors (Lipinski definition) is 5. The van der Waals surface area contributed by atoms with Gasteiger partial charge in [-0.25, -0.2) is 0 Å². The summed E-state index contributed by atoms with van der Waals surface area (Å²) < 4.78 is 6.99. The summed E-state index contributed by atoms with van der Waals surface area (Å²) in [6, 6.07) is 4.32. The molecule has 0 bridgehead atoms. The molecule has 1 unspecified atom stereocenters. The van der Waals surface area contributed by atoms with Gasteiger partial charge in [0.25, 0.3) is 0 Å². The Morgan fingerprint density at radius 1 is 1.56 bits per heavy atom. The highest BCUT2D eigenvalue weighted by atomic mass is 16.5. The molecule has 1 atom stereocenters. The maximum atomic E-state index is 8.78. The topological polar surface area (TPSA) is 70.9 Å². The van der Waals surface area contributed by atoms with Crippen molar-refractivity contribution in [2.75, 3.05) is 13.1 Å². The lowest BCUT2D eigenvalue weighted by Gasteiger charge is -2.14. The van der Waals surface area contributed by atoms with E-state index in [-0.39, 0.29) is 0 Å². The number of rotatable bonds is 3. The van der Waals surface area contributed by atoms with E-state index in [1.165, 1.54) is 0 Å². The zero-order valence-electron chi connectivity index (χ0n) is 9.86. The van der Waals surface area contributed by atoms with Gasteiger partial charge in [0.05, 0.1) is 30.5 Å². The van der Waals surface area contributed by atoms with Gasteiger partial charge in [-0.2, -0.15) is 10.4 Å². The fourth-order valence-electron chi connectivity index (χ4n) is 2.31. The molecule has 0 aliphatic carbocycles. The van der Waals surface area contributed by atoms with Gasteiger partial charge in [-0.15, -0.1) is 0 Å². The average Bonchev–Trinajstić information content (AvgIpc) is 3.09. The Labute approximate surface area is 104 Å². The van der Waals surface area contributed by atoms with Crippen LogP contribution in [0.5, 0.6) is 0 Å². The smallest absolute Gasteiger partial charge is 0.150 e. The maximum absolute atomic E-state index is 8.78. The Balaban J connectivity index is 1.63. The van der Waals surface area contributed by atoms with Gasteiger partial charge in [0.2, 0.25) is 0 Å². The first-order valence-corrected chi connectivity index (χ1v) is 5.91. The molecule has 2 aromatic rings. The fourth-order valence-corrected chi connectivity index (χ4v) is 2.31. The van der Waals surface area contributed by atoms with Crippen LogP contribution in [0, 0.1) is 11.3 Å². The summed E-state index contributed by atoms with van der Waals surface area (Å²) in [4.78, 5) is 2.30. The van der Waals surface area contributed by atoms with Crippen LogP contribution in [0.2, 0.25) is 0 Å². The minimum atomic E-state index is 0.343. The van der Waals surface area contributed by atoms with Crippen LogP contribution in [-0.2, 0) is 6.54 Å². The molecule has 0 amide bonds. The molecule has 1 aliphatic rings. The van der Waals surface area contributed by atoms with Crippen LogP contribution in [0.4, 0.5) is 0 Å². The normalized spacial score (nSPS) is 20.1. The largest absolute Gasteiger partial charge is 0.360 e. The third kappa shape index (κ3) is 2.13. The summed E-state index contributed by atoms with van der Waals surface area (Å²) in [7, 11) is 0. The molecule has 0 aromatic carbocycles. The second-order valence-corrected chi connectivity index (χ2v) is 4.48. The molecule has 0 N–H and O–H groups in total. The van der Waals surface area contributed by atoms with Crippen molar-refractivity contribution in [2.24, 2.45) is 0 Å². The lowest BCUT2D eigenvalue weighted by Crippen LogP contribution is -2.21. The molecule has 1 fully saturated rings. The summed E-state index contributed by atoms with van der Waals surface area (Å²) in [5.74, 6) is 0.883. The van der Waals surface area contributed by atoms with E-state index < -0.39 is 0 Å². The zero-order valence-corrected chi connectivity index (χ0v) is 9.86. The van der Waals surface area contributed by atoms with E-state index in [2.05, 4.69) is 21.2 Å². The quantitative estimate of drug-likeness (QED) is 0.809. The summed E-state index contributed by atoms with van der Waals surface area (Å²) in [5.41, 5.74) is 0.615. The van der Waals surface area contributed by atoms with Gasteiger partial charge < -0.3 is 4.52 Å². The van der Waals surface area contributed by atoms with E-state index in [9.17, 15) is 0 Å².